The van der Waals surface area contributed by atoms with Gasteiger partial charge in [-0.2, -0.15) is 17.5 Å². The molecular weight excluding hydrogens is 423 g/mol. The van der Waals surface area contributed by atoms with Gasteiger partial charge in [0.1, 0.15) is 0 Å². The molecule has 3 rings (SSSR count). The van der Waals surface area contributed by atoms with Gasteiger partial charge in [-0.05, 0) is 73.6 Å². The number of halogens is 3. The van der Waals surface area contributed by atoms with Gasteiger partial charge in [0.25, 0.3) is 0 Å². The van der Waals surface area contributed by atoms with E-state index in [9.17, 15) is 21.6 Å². The predicted octanol–water partition coefficient (Wildman–Crippen LogP) is 4.69. The van der Waals surface area contributed by atoms with E-state index in [1.54, 1.807) is 12.1 Å². The smallest absolute Gasteiger partial charge is 0.332 e. The molecule has 2 aromatic carbocycles. The maximum Gasteiger partial charge on any atom is 0.416 e. The first-order valence-electron chi connectivity index (χ1n) is 9.02. The van der Waals surface area contributed by atoms with Gasteiger partial charge in [-0.15, -0.1) is 0 Å². The third-order valence-electron chi connectivity index (χ3n) is 4.54. The third-order valence-corrected chi connectivity index (χ3v) is 6.65. The third kappa shape index (κ3) is 5.46. The van der Waals surface area contributed by atoms with Gasteiger partial charge < -0.3 is 10.6 Å². The van der Waals surface area contributed by atoms with Crippen LogP contribution in [0.4, 0.5) is 24.5 Å². The normalized spacial score (nSPS) is 15.7. The Morgan fingerprint density at radius 1 is 0.862 bits per heavy atom. The lowest BCUT2D eigenvalue weighted by atomic mass is 10.2. The zero-order chi connectivity index (χ0) is 21.1. The van der Waals surface area contributed by atoms with E-state index in [1.807, 2.05) is 0 Å². The molecule has 29 heavy (non-hydrogen) atoms. The Hall–Kier alpha value is -2.17. The number of hydrogen-bond donors (Lipinski definition) is 2. The zero-order valence-electron chi connectivity index (χ0n) is 15.4. The Balaban J connectivity index is 1.61. The van der Waals surface area contributed by atoms with Crippen LogP contribution in [0.5, 0.6) is 0 Å². The van der Waals surface area contributed by atoms with Crippen LogP contribution < -0.4 is 10.6 Å². The highest BCUT2D eigenvalue weighted by Crippen LogP contribution is 2.30. The number of thiocarbonyl (C=S) groups is 1. The summed E-state index contributed by atoms with van der Waals surface area (Å²) in [4.78, 5) is 0.214. The van der Waals surface area contributed by atoms with Crippen LogP contribution in [0, 0.1) is 0 Å². The highest BCUT2D eigenvalue weighted by atomic mass is 32.2. The van der Waals surface area contributed by atoms with E-state index in [4.69, 9.17) is 12.2 Å². The highest BCUT2D eigenvalue weighted by Gasteiger charge is 2.30. The largest absolute Gasteiger partial charge is 0.416 e. The molecule has 10 heteroatoms. The van der Waals surface area contributed by atoms with Gasteiger partial charge in [0.15, 0.2) is 5.11 Å². The summed E-state index contributed by atoms with van der Waals surface area (Å²) in [5.74, 6) is 0. The quantitative estimate of drug-likeness (QED) is 0.672. The molecule has 156 valence electrons. The van der Waals surface area contributed by atoms with Crippen molar-refractivity contribution in [3.63, 3.8) is 0 Å². The number of piperidine rings is 1. The lowest BCUT2D eigenvalue weighted by Gasteiger charge is -2.25. The summed E-state index contributed by atoms with van der Waals surface area (Å²) in [5, 5.41) is 5.85. The van der Waals surface area contributed by atoms with Gasteiger partial charge >= 0.3 is 6.18 Å². The number of nitrogens with zero attached hydrogens (tertiary/aromatic N) is 1. The Labute approximate surface area is 173 Å². The lowest BCUT2D eigenvalue weighted by molar-refractivity contribution is -0.137. The van der Waals surface area contributed by atoms with E-state index in [0.717, 1.165) is 31.4 Å². The van der Waals surface area contributed by atoms with Gasteiger partial charge in [-0.25, -0.2) is 8.42 Å². The molecule has 1 saturated heterocycles. The molecule has 0 spiro atoms. The second kappa shape index (κ2) is 8.68. The van der Waals surface area contributed by atoms with Gasteiger partial charge in [0, 0.05) is 24.5 Å². The van der Waals surface area contributed by atoms with Crippen molar-refractivity contribution < 1.29 is 21.6 Å². The summed E-state index contributed by atoms with van der Waals surface area (Å²) >= 11 is 5.16. The highest BCUT2D eigenvalue weighted by molar-refractivity contribution is 7.89. The van der Waals surface area contributed by atoms with Crippen LogP contribution >= 0.6 is 12.2 Å². The number of sulfonamides is 1. The Morgan fingerprint density at radius 3 is 1.83 bits per heavy atom. The molecule has 1 aliphatic rings. The van der Waals surface area contributed by atoms with Crippen LogP contribution in [-0.4, -0.2) is 30.9 Å². The summed E-state index contributed by atoms with van der Waals surface area (Å²) in [6.45, 7) is 1.06. The lowest BCUT2D eigenvalue weighted by Crippen LogP contribution is -2.35. The minimum Gasteiger partial charge on any atom is -0.332 e. The van der Waals surface area contributed by atoms with Crippen LogP contribution in [0.25, 0.3) is 0 Å². The van der Waals surface area contributed by atoms with Crippen LogP contribution in [0.2, 0.25) is 0 Å². The minimum atomic E-state index is -4.40. The summed E-state index contributed by atoms with van der Waals surface area (Å²) in [7, 11) is -3.51. The van der Waals surface area contributed by atoms with Crippen LogP contribution in [0.15, 0.2) is 53.4 Å². The fraction of sp³-hybridized carbons (Fsp3) is 0.316. The Morgan fingerprint density at radius 2 is 1.34 bits per heavy atom. The number of alkyl halides is 3. The van der Waals surface area contributed by atoms with Crippen molar-refractivity contribution in [2.75, 3.05) is 23.7 Å². The molecule has 0 saturated carbocycles. The molecule has 0 unspecified atom stereocenters. The van der Waals surface area contributed by atoms with Crippen molar-refractivity contribution in [2.45, 2.75) is 30.3 Å². The van der Waals surface area contributed by atoms with Gasteiger partial charge in [-0.1, -0.05) is 6.42 Å². The van der Waals surface area contributed by atoms with Crippen molar-refractivity contribution in [3.05, 3.63) is 54.1 Å². The monoisotopic (exact) mass is 443 g/mol. The molecule has 0 atom stereocenters. The molecule has 0 aromatic heterocycles. The SMILES string of the molecule is O=S(=O)(c1ccc(NC(=S)Nc2ccc(C(F)(F)F)cc2)cc1)N1CCCCC1. The summed E-state index contributed by atoms with van der Waals surface area (Å²) in [6.07, 6.45) is -1.63. The Kier molecular flexibility index (Phi) is 6.45. The topological polar surface area (TPSA) is 61.4 Å². The number of nitrogens with one attached hydrogen (secondary N) is 2. The van der Waals surface area contributed by atoms with E-state index in [2.05, 4.69) is 10.6 Å². The van der Waals surface area contributed by atoms with E-state index < -0.39 is 21.8 Å². The molecule has 2 aromatic rings. The number of hydrogen-bond acceptors (Lipinski definition) is 3. The predicted molar refractivity (Wildman–Crippen MR) is 110 cm³/mol. The van der Waals surface area contributed by atoms with Crippen molar-refractivity contribution in [1.29, 1.82) is 0 Å². The first kappa shape index (κ1) is 21.5. The number of anilines is 2. The minimum absolute atomic E-state index is 0.177. The average molecular weight is 444 g/mol. The summed E-state index contributed by atoms with van der Waals surface area (Å²) in [6, 6.07) is 10.7. The maximum absolute atomic E-state index is 12.6. The van der Waals surface area contributed by atoms with E-state index in [0.29, 0.717) is 24.5 Å². The first-order chi connectivity index (χ1) is 13.7. The van der Waals surface area contributed by atoms with Crippen molar-refractivity contribution >= 4 is 38.7 Å². The van der Waals surface area contributed by atoms with Crippen molar-refractivity contribution in [2.24, 2.45) is 0 Å². The summed E-state index contributed by atoms with van der Waals surface area (Å²) in [5.41, 5.74) is 0.222. The number of rotatable bonds is 4. The summed E-state index contributed by atoms with van der Waals surface area (Å²) < 4.78 is 64.6. The maximum atomic E-state index is 12.6. The molecule has 1 heterocycles. The van der Waals surface area contributed by atoms with Crippen molar-refractivity contribution in [3.8, 4) is 0 Å². The fourth-order valence-corrected chi connectivity index (χ4v) is 4.75. The number of benzene rings is 2. The second-order valence-electron chi connectivity index (χ2n) is 6.64. The van der Waals surface area contributed by atoms with E-state index >= 15 is 0 Å². The van der Waals surface area contributed by atoms with Gasteiger partial charge in [0.2, 0.25) is 10.0 Å². The van der Waals surface area contributed by atoms with E-state index in [-0.39, 0.29) is 10.0 Å². The fourth-order valence-electron chi connectivity index (χ4n) is 3.00. The molecule has 1 fully saturated rings. The van der Waals surface area contributed by atoms with Gasteiger partial charge in [-0.3, -0.25) is 0 Å². The Bertz CT molecular complexity index is 954. The van der Waals surface area contributed by atoms with Crippen LogP contribution in [0.1, 0.15) is 24.8 Å². The average Bonchev–Trinajstić information content (AvgIpc) is 2.69. The molecule has 0 aliphatic carbocycles. The zero-order valence-corrected chi connectivity index (χ0v) is 17.0. The molecule has 5 nitrogen and oxygen atoms in total. The molecule has 0 bridgehead atoms. The van der Waals surface area contributed by atoms with Crippen molar-refractivity contribution in [1.82, 2.24) is 4.31 Å². The molecule has 0 amide bonds. The van der Waals surface area contributed by atoms with E-state index in [1.165, 1.54) is 28.6 Å². The first-order valence-corrected chi connectivity index (χ1v) is 10.9. The van der Waals surface area contributed by atoms with Crippen LogP contribution in [-0.2, 0) is 16.2 Å². The van der Waals surface area contributed by atoms with Crippen LogP contribution in [0.3, 0.4) is 0 Å². The molecule has 0 radical (unpaired) electrons. The molecular formula is C19H20F3N3O2S2. The molecule has 1 aliphatic heterocycles. The molecule has 2 N–H and O–H groups in total. The standard InChI is InChI=1S/C19H20F3N3O2S2/c20-19(21,22)14-4-6-15(7-5-14)23-18(28)24-16-8-10-17(11-9-16)29(26,27)25-12-2-1-3-13-25/h4-11H,1-3,12-13H2,(H2,23,24,28). The van der Waals surface area contributed by atoms with Gasteiger partial charge in [0.05, 0.1) is 10.5 Å². The second-order valence-corrected chi connectivity index (χ2v) is 8.99.